The van der Waals surface area contributed by atoms with Gasteiger partial charge in [-0.15, -0.1) is 6.58 Å². The molecule has 0 aromatic heterocycles. The van der Waals surface area contributed by atoms with Crippen molar-refractivity contribution in [2.75, 3.05) is 29.9 Å². The zero-order chi connectivity index (χ0) is 26.3. The molecule has 0 radical (unpaired) electrons. The molecular weight excluding hydrogens is 502 g/mol. The normalized spacial score (nSPS) is 15.5. The minimum absolute atomic E-state index is 0.0357. The Kier molecular flexibility index (Phi) is 9.02. The molecule has 8 nitrogen and oxygen atoms in total. The Balaban J connectivity index is 2.13. The van der Waals surface area contributed by atoms with Crippen LogP contribution in [0.2, 0.25) is 5.02 Å². The highest BCUT2D eigenvalue weighted by molar-refractivity contribution is 7.92. The summed E-state index contributed by atoms with van der Waals surface area (Å²) in [5, 5.41) is 9.77. The van der Waals surface area contributed by atoms with Gasteiger partial charge < -0.3 is 14.4 Å². The fraction of sp³-hybridized carbons (Fsp3) is 0.308. The maximum atomic E-state index is 13.7. The molecule has 3 rings (SSSR count). The van der Waals surface area contributed by atoms with Crippen LogP contribution < -0.4 is 14.4 Å². The van der Waals surface area contributed by atoms with Gasteiger partial charge in [-0.3, -0.25) is 4.72 Å². The molecular formula is C26H28ClN3O5S. The second-order valence-corrected chi connectivity index (χ2v) is 10.2. The SMILES string of the molecule is C=CCOc1ccc(C(=O)OC)cc1S(=O)(=O)Nc1cc(C#N)c(Cl)cc1N1CCCC[C@H]1CC=C. The van der Waals surface area contributed by atoms with E-state index in [0.717, 1.165) is 19.3 Å². The van der Waals surface area contributed by atoms with Gasteiger partial charge in [0.2, 0.25) is 0 Å². The zero-order valence-corrected chi connectivity index (χ0v) is 21.6. The first-order chi connectivity index (χ1) is 17.2. The van der Waals surface area contributed by atoms with Crippen molar-refractivity contribution in [1.29, 1.82) is 5.26 Å². The predicted octanol–water partition coefficient (Wildman–Crippen LogP) is 5.30. The highest BCUT2D eigenvalue weighted by Gasteiger charge is 2.28. The third-order valence-electron chi connectivity index (χ3n) is 5.84. The largest absolute Gasteiger partial charge is 0.488 e. The van der Waals surface area contributed by atoms with Gasteiger partial charge in [0.25, 0.3) is 10.0 Å². The summed E-state index contributed by atoms with van der Waals surface area (Å²) in [7, 11) is -3.08. The molecule has 0 amide bonds. The molecule has 1 atom stereocenters. The average molecular weight is 530 g/mol. The van der Waals surface area contributed by atoms with Crippen LogP contribution in [-0.2, 0) is 14.8 Å². The molecule has 0 bridgehead atoms. The molecule has 1 saturated heterocycles. The Morgan fingerprint density at radius 2 is 2.06 bits per heavy atom. The summed E-state index contributed by atoms with van der Waals surface area (Å²) in [5.41, 5.74) is 0.929. The molecule has 1 aliphatic rings. The number of benzene rings is 2. The van der Waals surface area contributed by atoms with E-state index in [-0.39, 0.29) is 45.1 Å². The molecule has 1 fully saturated rings. The summed E-state index contributed by atoms with van der Waals surface area (Å²) < 4.78 is 40.2. The number of rotatable bonds is 10. The number of esters is 1. The number of carbonyl (C=O) groups excluding carboxylic acids is 1. The standard InChI is InChI=1S/C26H28ClN3O5S/c1-4-8-20-9-6-7-12-30(20)23-16-21(27)19(17-28)14-22(23)29-36(32,33)25-15-18(26(31)34-3)10-11-24(25)35-13-5-2/h4-5,10-11,14-16,20,29H,1-2,6-9,12-13H2,3H3/t20-/m1/s1. The van der Waals surface area contributed by atoms with Gasteiger partial charge in [-0.05, 0) is 56.0 Å². The van der Waals surface area contributed by atoms with Gasteiger partial charge in [-0.2, -0.15) is 5.26 Å². The van der Waals surface area contributed by atoms with E-state index in [0.29, 0.717) is 18.7 Å². The van der Waals surface area contributed by atoms with Crippen LogP contribution in [0.5, 0.6) is 5.75 Å². The van der Waals surface area contributed by atoms with E-state index >= 15 is 0 Å². The third-order valence-corrected chi connectivity index (χ3v) is 7.54. The van der Waals surface area contributed by atoms with Gasteiger partial charge >= 0.3 is 5.97 Å². The van der Waals surface area contributed by atoms with Gasteiger partial charge in [0.15, 0.2) is 0 Å². The lowest BCUT2D eigenvalue weighted by molar-refractivity contribution is 0.0600. The number of halogens is 1. The number of nitrogens with zero attached hydrogens (tertiary/aromatic N) is 2. The van der Waals surface area contributed by atoms with Gasteiger partial charge in [-0.1, -0.05) is 30.3 Å². The molecule has 2 aromatic carbocycles. The lowest BCUT2D eigenvalue weighted by atomic mass is 9.98. The molecule has 36 heavy (non-hydrogen) atoms. The number of ether oxygens (including phenoxy) is 2. The summed E-state index contributed by atoms with van der Waals surface area (Å²) in [6.07, 6.45) is 6.91. The van der Waals surface area contributed by atoms with E-state index in [1.807, 2.05) is 12.1 Å². The molecule has 1 heterocycles. The van der Waals surface area contributed by atoms with Crippen molar-refractivity contribution in [3.05, 3.63) is 71.8 Å². The molecule has 0 unspecified atom stereocenters. The number of carbonyl (C=O) groups is 1. The van der Waals surface area contributed by atoms with Crippen LogP contribution in [0.4, 0.5) is 11.4 Å². The van der Waals surface area contributed by atoms with Crippen molar-refractivity contribution in [2.45, 2.75) is 36.6 Å². The average Bonchev–Trinajstić information content (AvgIpc) is 2.88. The van der Waals surface area contributed by atoms with E-state index < -0.39 is 16.0 Å². The van der Waals surface area contributed by atoms with Crippen molar-refractivity contribution in [2.24, 2.45) is 0 Å². The van der Waals surface area contributed by atoms with Gasteiger partial charge in [-0.25, -0.2) is 13.2 Å². The molecule has 190 valence electrons. The molecule has 1 aliphatic heterocycles. The van der Waals surface area contributed by atoms with Crippen molar-refractivity contribution in [3.63, 3.8) is 0 Å². The second-order valence-electron chi connectivity index (χ2n) is 8.19. The van der Waals surface area contributed by atoms with Crippen molar-refractivity contribution in [3.8, 4) is 11.8 Å². The molecule has 0 spiro atoms. The molecule has 0 saturated carbocycles. The summed E-state index contributed by atoms with van der Waals surface area (Å²) in [5.74, 6) is -0.658. The first-order valence-electron chi connectivity index (χ1n) is 11.4. The van der Waals surface area contributed by atoms with E-state index in [1.54, 1.807) is 6.07 Å². The number of piperidine rings is 1. The van der Waals surface area contributed by atoms with Crippen LogP contribution in [0, 0.1) is 11.3 Å². The topological polar surface area (TPSA) is 109 Å². The molecule has 10 heteroatoms. The van der Waals surface area contributed by atoms with Crippen molar-refractivity contribution < 1.29 is 22.7 Å². The first-order valence-corrected chi connectivity index (χ1v) is 13.2. The Morgan fingerprint density at radius 3 is 2.72 bits per heavy atom. The van der Waals surface area contributed by atoms with E-state index in [2.05, 4.69) is 22.8 Å². The van der Waals surface area contributed by atoms with Crippen LogP contribution >= 0.6 is 11.6 Å². The van der Waals surface area contributed by atoms with E-state index in [4.69, 9.17) is 21.1 Å². The number of hydrogen-bond acceptors (Lipinski definition) is 7. The van der Waals surface area contributed by atoms with Crippen LogP contribution in [0.3, 0.4) is 0 Å². The molecule has 1 N–H and O–H groups in total. The smallest absolute Gasteiger partial charge is 0.337 e. The van der Waals surface area contributed by atoms with Crippen LogP contribution in [0.1, 0.15) is 41.6 Å². The quantitative estimate of drug-likeness (QED) is 0.328. The Labute approximate surface area is 216 Å². The maximum absolute atomic E-state index is 13.7. The number of methoxy groups -OCH3 is 1. The molecule has 2 aromatic rings. The van der Waals surface area contributed by atoms with Gasteiger partial charge in [0.05, 0.1) is 34.6 Å². The summed E-state index contributed by atoms with van der Waals surface area (Å²) in [4.78, 5) is 13.9. The number of nitriles is 1. The Morgan fingerprint density at radius 1 is 1.28 bits per heavy atom. The number of sulfonamides is 1. The lowest BCUT2D eigenvalue weighted by Gasteiger charge is -2.38. The summed E-state index contributed by atoms with van der Waals surface area (Å²) >= 11 is 6.36. The number of nitrogens with one attached hydrogen (secondary N) is 1. The number of hydrogen-bond donors (Lipinski definition) is 1. The Hall–Kier alpha value is -3.48. The Bertz CT molecular complexity index is 1300. The lowest BCUT2D eigenvalue weighted by Crippen LogP contribution is -2.39. The molecule has 0 aliphatic carbocycles. The summed E-state index contributed by atoms with van der Waals surface area (Å²) in [6.45, 7) is 8.19. The van der Waals surface area contributed by atoms with E-state index in [9.17, 15) is 18.5 Å². The number of anilines is 2. The van der Waals surface area contributed by atoms with Crippen LogP contribution in [-0.4, -0.2) is 40.7 Å². The zero-order valence-electron chi connectivity index (χ0n) is 20.0. The fourth-order valence-electron chi connectivity index (χ4n) is 4.15. The van der Waals surface area contributed by atoms with E-state index in [1.165, 1.54) is 37.5 Å². The second kappa shape index (κ2) is 12.0. The van der Waals surface area contributed by atoms with Gasteiger partial charge in [0, 0.05) is 12.6 Å². The predicted molar refractivity (Wildman–Crippen MR) is 140 cm³/mol. The first kappa shape index (κ1) is 27.1. The monoisotopic (exact) mass is 529 g/mol. The third kappa shape index (κ3) is 6.01. The summed E-state index contributed by atoms with van der Waals surface area (Å²) in [6, 6.07) is 9.13. The highest BCUT2D eigenvalue weighted by atomic mass is 35.5. The minimum atomic E-state index is -4.28. The van der Waals surface area contributed by atoms with Crippen LogP contribution in [0.25, 0.3) is 0 Å². The maximum Gasteiger partial charge on any atom is 0.337 e. The highest BCUT2D eigenvalue weighted by Crippen LogP contribution is 2.38. The van der Waals surface area contributed by atoms with Crippen molar-refractivity contribution >= 4 is 39.0 Å². The van der Waals surface area contributed by atoms with Crippen molar-refractivity contribution in [1.82, 2.24) is 0 Å². The van der Waals surface area contributed by atoms with Gasteiger partial charge in [0.1, 0.15) is 23.3 Å². The fourth-order valence-corrected chi connectivity index (χ4v) is 5.59. The van der Waals surface area contributed by atoms with Crippen LogP contribution in [0.15, 0.2) is 60.5 Å². The minimum Gasteiger partial charge on any atom is -0.488 e.